The molecule has 0 fully saturated rings. The van der Waals surface area contributed by atoms with E-state index < -0.39 is 11.9 Å². The average molecular weight is 361 g/mol. The molecule has 1 atom stereocenters. The Bertz CT molecular complexity index is 703. The number of aliphatic carboxylic acids is 1. The van der Waals surface area contributed by atoms with Gasteiger partial charge >= 0.3 is 12.0 Å². The number of carboxylic acids is 1. The van der Waals surface area contributed by atoms with Gasteiger partial charge in [0.2, 0.25) is 0 Å². The van der Waals surface area contributed by atoms with Crippen LogP contribution in [0.4, 0.5) is 4.79 Å². The Morgan fingerprint density at radius 2 is 2.00 bits per heavy atom. The number of nitrogens with one attached hydrogen (secondary N) is 1. The van der Waals surface area contributed by atoms with Gasteiger partial charge in [0, 0.05) is 25.4 Å². The summed E-state index contributed by atoms with van der Waals surface area (Å²) in [5.74, 6) is -1.51. The number of aryl methyl sites for hydroxylation is 2. The van der Waals surface area contributed by atoms with Crippen LogP contribution in [0.1, 0.15) is 23.2 Å². The summed E-state index contributed by atoms with van der Waals surface area (Å²) in [6.45, 7) is 2.08. The quantitative estimate of drug-likeness (QED) is 0.757. The van der Waals surface area contributed by atoms with Crippen molar-refractivity contribution in [2.24, 2.45) is 5.92 Å². The zero-order valence-electron chi connectivity index (χ0n) is 14.4. The van der Waals surface area contributed by atoms with Gasteiger partial charge in [-0.2, -0.15) is 0 Å². The van der Waals surface area contributed by atoms with E-state index in [-0.39, 0.29) is 12.6 Å². The highest BCUT2D eigenvalue weighted by Crippen LogP contribution is 2.13. The van der Waals surface area contributed by atoms with Crippen molar-refractivity contribution in [1.29, 1.82) is 0 Å². The summed E-state index contributed by atoms with van der Waals surface area (Å²) >= 11 is 1.59. The van der Waals surface area contributed by atoms with E-state index in [2.05, 4.69) is 22.4 Å². The number of rotatable bonds is 8. The first-order valence-electron chi connectivity index (χ1n) is 8.14. The highest BCUT2D eigenvalue weighted by atomic mass is 32.1. The van der Waals surface area contributed by atoms with Gasteiger partial charge in [-0.3, -0.25) is 4.79 Å². The topological polar surface area (TPSA) is 82.5 Å². The average Bonchev–Trinajstić information content (AvgIpc) is 3.06. The number of urea groups is 1. The van der Waals surface area contributed by atoms with E-state index >= 15 is 0 Å². The van der Waals surface area contributed by atoms with Crippen molar-refractivity contribution in [3.63, 3.8) is 0 Å². The lowest BCUT2D eigenvalue weighted by Gasteiger charge is -2.19. The lowest BCUT2D eigenvalue weighted by atomic mass is 10.1. The van der Waals surface area contributed by atoms with Gasteiger partial charge < -0.3 is 15.3 Å². The summed E-state index contributed by atoms with van der Waals surface area (Å²) in [6, 6.07) is 9.96. The molecule has 2 aromatic rings. The molecule has 6 nitrogen and oxygen atoms in total. The molecule has 1 unspecified atom stereocenters. The summed E-state index contributed by atoms with van der Waals surface area (Å²) in [6.07, 6.45) is 1.81. The Morgan fingerprint density at radius 1 is 1.28 bits per heavy atom. The highest BCUT2D eigenvalue weighted by Gasteiger charge is 2.17. The molecule has 1 aromatic carbocycles. The smallest absolute Gasteiger partial charge is 0.317 e. The van der Waals surface area contributed by atoms with Gasteiger partial charge in [0.15, 0.2) is 0 Å². The summed E-state index contributed by atoms with van der Waals surface area (Å²) in [7, 11) is 1.58. The van der Waals surface area contributed by atoms with Gasteiger partial charge in [-0.25, -0.2) is 9.78 Å². The molecule has 25 heavy (non-hydrogen) atoms. The lowest BCUT2D eigenvalue weighted by Crippen LogP contribution is -2.40. The number of carbonyl (C=O) groups excluding carboxylic acids is 1. The molecule has 1 heterocycles. The molecule has 2 N–H and O–H groups in total. The Hall–Kier alpha value is -2.41. The van der Waals surface area contributed by atoms with Crippen molar-refractivity contribution in [3.8, 4) is 0 Å². The predicted molar refractivity (Wildman–Crippen MR) is 97.6 cm³/mol. The second kappa shape index (κ2) is 9.17. The summed E-state index contributed by atoms with van der Waals surface area (Å²) < 4.78 is 0. The van der Waals surface area contributed by atoms with Gasteiger partial charge in [-0.05, 0) is 12.0 Å². The number of thiazole rings is 1. The summed E-state index contributed by atoms with van der Waals surface area (Å²) in [4.78, 5) is 28.7. The fraction of sp³-hybridized carbons (Fsp3) is 0.389. The highest BCUT2D eigenvalue weighted by molar-refractivity contribution is 7.09. The number of carboxylic acid groups (broad SMARTS) is 1. The van der Waals surface area contributed by atoms with Crippen LogP contribution in [0.5, 0.6) is 0 Å². The van der Waals surface area contributed by atoms with Crippen LogP contribution in [-0.4, -0.2) is 40.6 Å². The first-order chi connectivity index (χ1) is 12.0. The largest absolute Gasteiger partial charge is 0.481 e. The molecule has 0 aliphatic heterocycles. The number of amides is 2. The molecular weight excluding hydrogens is 338 g/mol. The number of aromatic nitrogens is 1. The molecule has 2 rings (SSSR count). The van der Waals surface area contributed by atoms with Gasteiger partial charge in [-0.1, -0.05) is 37.3 Å². The molecule has 7 heteroatoms. The Kier molecular flexibility index (Phi) is 6.94. The molecule has 0 aliphatic rings. The van der Waals surface area contributed by atoms with Crippen molar-refractivity contribution in [1.82, 2.24) is 15.2 Å². The molecule has 0 aliphatic carbocycles. The zero-order valence-corrected chi connectivity index (χ0v) is 15.3. The van der Waals surface area contributed by atoms with Crippen LogP contribution in [-0.2, 0) is 24.2 Å². The van der Waals surface area contributed by atoms with Crippen LogP contribution in [0.15, 0.2) is 35.7 Å². The minimum Gasteiger partial charge on any atom is -0.481 e. The third-order valence-corrected chi connectivity index (χ3v) is 4.76. The second-order valence-corrected chi connectivity index (χ2v) is 6.94. The monoisotopic (exact) mass is 361 g/mol. The van der Waals surface area contributed by atoms with Crippen LogP contribution in [0.25, 0.3) is 0 Å². The van der Waals surface area contributed by atoms with Crippen LogP contribution in [0.3, 0.4) is 0 Å². The van der Waals surface area contributed by atoms with Gasteiger partial charge in [0.05, 0.1) is 23.2 Å². The van der Waals surface area contributed by atoms with Gasteiger partial charge in [-0.15, -0.1) is 11.3 Å². The predicted octanol–water partition coefficient (Wildman–Crippen LogP) is 2.79. The van der Waals surface area contributed by atoms with E-state index in [0.717, 1.165) is 23.5 Å². The number of nitrogens with zero attached hydrogens (tertiary/aromatic N) is 2. The Morgan fingerprint density at radius 3 is 2.68 bits per heavy atom. The fourth-order valence-electron chi connectivity index (χ4n) is 2.31. The molecular formula is C18H23N3O3S. The molecule has 2 amide bonds. The molecule has 134 valence electrons. The second-order valence-electron chi connectivity index (χ2n) is 6.00. The first-order valence-corrected chi connectivity index (χ1v) is 9.02. The van der Waals surface area contributed by atoms with Crippen molar-refractivity contribution in [2.45, 2.75) is 26.3 Å². The normalized spacial score (nSPS) is 11.8. The minimum absolute atomic E-state index is 0.167. The standard InChI is InChI=1S/C18H23N3O3S/c1-13(17(22)23)11-21(2)18(24)19-10-15-12-25-16(20-15)9-8-14-6-4-3-5-7-14/h3-7,12-13H,8-11H2,1-2H3,(H,19,24)(H,22,23). The van der Waals surface area contributed by atoms with E-state index in [4.69, 9.17) is 5.11 Å². The maximum Gasteiger partial charge on any atom is 0.317 e. The fourth-order valence-corrected chi connectivity index (χ4v) is 3.11. The van der Waals surface area contributed by atoms with Crippen LogP contribution in [0, 0.1) is 5.92 Å². The van der Waals surface area contributed by atoms with Crippen molar-refractivity contribution >= 4 is 23.3 Å². The maximum atomic E-state index is 12.0. The Labute approximate surface area is 151 Å². The maximum absolute atomic E-state index is 12.0. The molecule has 0 bridgehead atoms. The van der Waals surface area contributed by atoms with Crippen LogP contribution in [0.2, 0.25) is 0 Å². The zero-order chi connectivity index (χ0) is 18.2. The van der Waals surface area contributed by atoms with Gasteiger partial charge in [0.1, 0.15) is 0 Å². The minimum atomic E-state index is -0.915. The molecule has 0 saturated heterocycles. The van der Waals surface area contributed by atoms with Crippen LogP contribution < -0.4 is 5.32 Å². The summed E-state index contributed by atoms with van der Waals surface area (Å²) in [5, 5.41) is 14.6. The number of hydrogen-bond acceptors (Lipinski definition) is 4. The van der Waals surface area contributed by atoms with Gasteiger partial charge in [0.25, 0.3) is 0 Å². The van der Waals surface area contributed by atoms with E-state index in [0.29, 0.717) is 6.54 Å². The third kappa shape index (κ3) is 6.19. The first kappa shape index (κ1) is 18.9. The van der Waals surface area contributed by atoms with Crippen molar-refractivity contribution in [3.05, 3.63) is 52.0 Å². The van der Waals surface area contributed by atoms with E-state index in [1.165, 1.54) is 10.5 Å². The molecule has 0 radical (unpaired) electrons. The molecule has 1 aromatic heterocycles. The summed E-state index contributed by atoms with van der Waals surface area (Å²) in [5.41, 5.74) is 2.10. The molecule has 0 spiro atoms. The number of benzene rings is 1. The molecule has 0 saturated carbocycles. The third-order valence-electron chi connectivity index (χ3n) is 3.81. The van der Waals surface area contributed by atoms with E-state index in [1.807, 2.05) is 23.6 Å². The SMILES string of the molecule is CC(CN(C)C(=O)NCc1csc(CCc2ccccc2)n1)C(=O)O. The van der Waals surface area contributed by atoms with Crippen molar-refractivity contribution < 1.29 is 14.7 Å². The lowest BCUT2D eigenvalue weighted by molar-refractivity contribution is -0.141. The van der Waals surface area contributed by atoms with Crippen LogP contribution >= 0.6 is 11.3 Å². The number of carbonyl (C=O) groups is 2. The Balaban J connectivity index is 1.77. The van der Waals surface area contributed by atoms with Crippen molar-refractivity contribution in [2.75, 3.05) is 13.6 Å². The van der Waals surface area contributed by atoms with E-state index in [1.54, 1.807) is 25.3 Å². The van der Waals surface area contributed by atoms with E-state index in [9.17, 15) is 9.59 Å². The number of hydrogen-bond donors (Lipinski definition) is 2.